The summed E-state index contributed by atoms with van der Waals surface area (Å²) in [7, 11) is 4.95. The molecule has 1 saturated carbocycles. The van der Waals surface area contributed by atoms with Crippen LogP contribution in [0.4, 0.5) is 8.78 Å². The van der Waals surface area contributed by atoms with Gasteiger partial charge < -0.3 is 19.1 Å². The van der Waals surface area contributed by atoms with Crippen LogP contribution < -0.4 is 9.47 Å². The van der Waals surface area contributed by atoms with Crippen molar-refractivity contribution in [1.82, 2.24) is 19.2 Å². The molecule has 0 bridgehead atoms. The van der Waals surface area contributed by atoms with Crippen molar-refractivity contribution < 1.29 is 37.4 Å². The number of benzene rings is 2. The van der Waals surface area contributed by atoms with Crippen LogP contribution in [0.15, 0.2) is 69.2 Å². The highest BCUT2D eigenvalue weighted by Gasteiger charge is 2.29. The standard InChI is InChI=1S/C34H40Cl2F2N4O6S/c1-39(2)33(44)24-5-4-6-25(15-24)49-42-13-11-40(12-14-42)20-32(43)47-30(17-26-27(35)18-41(45-3)19-28(26)36)23-9-10-29(48-34(37)38)31(16-23)46-21-22-7-8-22/h4-6,9-10,15-16,18,22,30,34H,7-8,11-14,17,19-21H2,1-3H3. The van der Waals surface area contributed by atoms with Crippen LogP contribution in [0.25, 0.3) is 0 Å². The average Bonchev–Trinajstić information content (AvgIpc) is 3.90. The minimum Gasteiger partial charge on any atom is -0.489 e. The Balaban J connectivity index is 1.26. The number of allylic oxidation sites excluding steroid dienone is 1. The molecule has 1 unspecified atom stereocenters. The number of nitrogens with zero attached hydrogens (tertiary/aromatic N) is 4. The Labute approximate surface area is 299 Å². The molecule has 2 aromatic carbocycles. The molecule has 10 nitrogen and oxygen atoms in total. The number of carbonyl (C=O) groups excluding carboxylic acids is 2. The smallest absolute Gasteiger partial charge is 0.387 e. The Bertz CT molecular complexity index is 1550. The van der Waals surface area contributed by atoms with Crippen molar-refractivity contribution >= 4 is 47.0 Å². The highest BCUT2D eigenvalue weighted by Crippen LogP contribution is 2.40. The van der Waals surface area contributed by atoms with Crippen molar-refractivity contribution in [2.45, 2.75) is 36.9 Å². The number of amides is 1. The zero-order valence-corrected chi connectivity index (χ0v) is 29.9. The van der Waals surface area contributed by atoms with Crippen molar-refractivity contribution in [3.8, 4) is 11.5 Å². The second kappa shape index (κ2) is 17.2. The summed E-state index contributed by atoms with van der Waals surface area (Å²) in [5.74, 6) is -0.0973. The lowest BCUT2D eigenvalue weighted by atomic mass is 9.99. The topological polar surface area (TPSA) is 84.0 Å². The third-order valence-electron chi connectivity index (χ3n) is 8.20. The number of ether oxygens (including phenoxy) is 3. The lowest BCUT2D eigenvalue weighted by Crippen LogP contribution is -2.45. The first-order chi connectivity index (χ1) is 23.5. The highest BCUT2D eigenvalue weighted by molar-refractivity contribution is 7.97. The zero-order chi connectivity index (χ0) is 35.1. The Hall–Kier alpha value is -3.07. The van der Waals surface area contributed by atoms with Crippen LogP contribution in [0.2, 0.25) is 0 Å². The van der Waals surface area contributed by atoms with E-state index in [2.05, 4.69) is 4.31 Å². The van der Waals surface area contributed by atoms with Crippen LogP contribution >= 0.6 is 35.1 Å². The fourth-order valence-electron chi connectivity index (χ4n) is 5.32. The van der Waals surface area contributed by atoms with Crippen LogP contribution in [0.5, 0.6) is 11.5 Å². The number of piperazine rings is 1. The minimum atomic E-state index is -3.03. The lowest BCUT2D eigenvalue weighted by Gasteiger charge is -2.33. The fraction of sp³-hybridized carbons (Fsp3) is 0.471. The molecule has 1 atom stereocenters. The maximum absolute atomic E-state index is 13.4. The van der Waals surface area contributed by atoms with E-state index in [0.717, 1.165) is 17.7 Å². The van der Waals surface area contributed by atoms with Crippen molar-refractivity contribution in [3.63, 3.8) is 0 Å². The summed E-state index contributed by atoms with van der Waals surface area (Å²) >= 11 is 14.8. The quantitative estimate of drug-likeness (QED) is 0.149. The Morgan fingerprint density at radius 2 is 1.80 bits per heavy atom. The minimum absolute atomic E-state index is 0.0489. The number of hydrogen-bond donors (Lipinski definition) is 0. The molecular formula is C34H40Cl2F2N4O6S. The molecule has 2 aromatic rings. The summed E-state index contributed by atoms with van der Waals surface area (Å²) in [6.45, 7) is 0.278. The molecule has 0 spiro atoms. The molecule has 2 aliphatic heterocycles. The van der Waals surface area contributed by atoms with E-state index in [1.807, 2.05) is 23.1 Å². The third kappa shape index (κ3) is 10.7. The van der Waals surface area contributed by atoms with Gasteiger partial charge in [0.15, 0.2) is 11.5 Å². The SMILES string of the molecule is CON1C=C(Cl)C(CC(OC(=O)CN2CCN(Sc3cccc(C(=O)N(C)C)c3)CC2)c2ccc(OC(F)F)c(OCC3CC3)c2)=C(Cl)C1. The van der Waals surface area contributed by atoms with Gasteiger partial charge in [-0.3, -0.25) is 24.4 Å². The van der Waals surface area contributed by atoms with E-state index in [9.17, 15) is 18.4 Å². The molecule has 0 aromatic heterocycles. The molecule has 1 aliphatic carbocycles. The predicted molar refractivity (Wildman–Crippen MR) is 184 cm³/mol. The molecule has 15 heteroatoms. The molecule has 5 rings (SSSR count). The Kier molecular flexibility index (Phi) is 13.1. The molecule has 3 aliphatic rings. The Morgan fingerprint density at radius 3 is 2.45 bits per heavy atom. The summed E-state index contributed by atoms with van der Waals surface area (Å²) in [5.41, 5.74) is 1.72. The molecule has 2 fully saturated rings. The van der Waals surface area contributed by atoms with E-state index >= 15 is 0 Å². The molecule has 0 N–H and O–H groups in total. The van der Waals surface area contributed by atoms with Gasteiger partial charge in [0.05, 0.1) is 31.8 Å². The van der Waals surface area contributed by atoms with Gasteiger partial charge in [-0.1, -0.05) is 35.3 Å². The van der Waals surface area contributed by atoms with E-state index in [0.29, 0.717) is 65.5 Å². The second-order valence-electron chi connectivity index (χ2n) is 12.2. The number of esters is 1. The lowest BCUT2D eigenvalue weighted by molar-refractivity contribution is -0.151. The van der Waals surface area contributed by atoms with E-state index in [-0.39, 0.29) is 36.9 Å². The highest BCUT2D eigenvalue weighted by atomic mass is 35.5. The normalized spacial score (nSPS) is 18.0. The van der Waals surface area contributed by atoms with Crippen molar-refractivity contribution in [1.29, 1.82) is 0 Å². The maximum Gasteiger partial charge on any atom is 0.387 e. The number of halogens is 4. The van der Waals surface area contributed by atoms with Crippen molar-refractivity contribution in [2.24, 2.45) is 5.92 Å². The summed E-state index contributed by atoms with van der Waals surface area (Å²) < 4.78 is 45.3. The number of carbonyl (C=O) groups is 2. The van der Waals surface area contributed by atoms with Crippen LogP contribution in [-0.2, 0) is 14.4 Å². The summed E-state index contributed by atoms with van der Waals surface area (Å²) in [6, 6.07) is 12.1. The number of hydrogen-bond acceptors (Lipinski definition) is 10. The number of rotatable bonds is 15. The van der Waals surface area contributed by atoms with Gasteiger partial charge in [0.25, 0.3) is 5.91 Å². The maximum atomic E-state index is 13.4. The fourth-order valence-corrected chi connectivity index (χ4v) is 6.93. The third-order valence-corrected chi connectivity index (χ3v) is 9.96. The van der Waals surface area contributed by atoms with E-state index in [1.54, 1.807) is 55.3 Å². The average molecular weight is 742 g/mol. The zero-order valence-electron chi connectivity index (χ0n) is 27.6. The Morgan fingerprint density at radius 1 is 1.04 bits per heavy atom. The molecule has 266 valence electrons. The van der Waals surface area contributed by atoms with Gasteiger partial charge in [0, 0.05) is 68.4 Å². The van der Waals surface area contributed by atoms with Gasteiger partial charge in [0.1, 0.15) is 6.10 Å². The molecular weight excluding hydrogens is 701 g/mol. The van der Waals surface area contributed by atoms with E-state index in [1.165, 1.54) is 18.2 Å². The summed E-state index contributed by atoms with van der Waals surface area (Å²) in [6.07, 6.45) is 2.90. The predicted octanol–water partition coefficient (Wildman–Crippen LogP) is 6.53. The van der Waals surface area contributed by atoms with Gasteiger partial charge in [0.2, 0.25) is 0 Å². The first kappa shape index (κ1) is 37.2. The van der Waals surface area contributed by atoms with Crippen molar-refractivity contribution in [2.75, 3.05) is 67.1 Å². The second-order valence-corrected chi connectivity index (χ2v) is 14.2. The van der Waals surface area contributed by atoms with E-state index < -0.39 is 18.7 Å². The summed E-state index contributed by atoms with van der Waals surface area (Å²) in [4.78, 5) is 35.6. The van der Waals surface area contributed by atoms with Crippen LogP contribution in [0.3, 0.4) is 0 Å². The molecule has 1 amide bonds. The van der Waals surface area contributed by atoms with Crippen molar-refractivity contribution in [3.05, 3.63) is 75.4 Å². The molecule has 0 radical (unpaired) electrons. The largest absolute Gasteiger partial charge is 0.489 e. The van der Waals surface area contributed by atoms with Gasteiger partial charge in [-0.2, -0.15) is 8.78 Å². The molecule has 1 saturated heterocycles. The first-order valence-electron chi connectivity index (χ1n) is 15.9. The van der Waals surface area contributed by atoms with Crippen LogP contribution in [0, 0.1) is 5.92 Å². The van der Waals surface area contributed by atoms with Gasteiger partial charge >= 0.3 is 12.6 Å². The monoisotopic (exact) mass is 740 g/mol. The number of hydroxylamine groups is 2. The first-order valence-corrected chi connectivity index (χ1v) is 17.5. The van der Waals surface area contributed by atoms with Crippen LogP contribution in [0.1, 0.15) is 41.3 Å². The molecule has 2 heterocycles. The van der Waals surface area contributed by atoms with Gasteiger partial charge in [-0.25, -0.2) is 4.31 Å². The van der Waals surface area contributed by atoms with Gasteiger partial charge in [-0.05, 0) is 72.2 Å². The van der Waals surface area contributed by atoms with E-state index in [4.69, 9.17) is 42.3 Å². The number of alkyl halides is 2. The summed E-state index contributed by atoms with van der Waals surface area (Å²) in [5, 5.41) is 2.23. The van der Waals surface area contributed by atoms with Gasteiger partial charge in [-0.15, -0.1) is 0 Å². The molecule has 49 heavy (non-hydrogen) atoms. The van der Waals surface area contributed by atoms with Crippen LogP contribution in [-0.4, -0.2) is 105 Å².